The standard InChI is InChI=1S/C16H30N2O2/c1-5-15(2,3)12-6-9-16(10-7-12)13(8-11-20-16)18-14(19)17-4/h12-13H,5-11H2,1-4H3,(H2,17,18,19). The first kappa shape index (κ1) is 15.6. The van der Waals surface area contributed by atoms with Crippen LogP contribution in [0, 0.1) is 11.3 Å². The van der Waals surface area contributed by atoms with Crippen LogP contribution in [-0.2, 0) is 4.74 Å². The topological polar surface area (TPSA) is 50.4 Å². The number of hydrogen-bond acceptors (Lipinski definition) is 2. The molecule has 4 nitrogen and oxygen atoms in total. The van der Waals surface area contributed by atoms with Gasteiger partial charge in [-0.1, -0.05) is 27.2 Å². The van der Waals surface area contributed by atoms with Crippen LogP contribution in [0.25, 0.3) is 0 Å². The van der Waals surface area contributed by atoms with Gasteiger partial charge in [-0.15, -0.1) is 0 Å². The third-order valence-corrected chi connectivity index (χ3v) is 5.81. The minimum atomic E-state index is -0.104. The van der Waals surface area contributed by atoms with Crippen LogP contribution in [0.2, 0.25) is 0 Å². The van der Waals surface area contributed by atoms with E-state index in [1.807, 2.05) is 0 Å². The van der Waals surface area contributed by atoms with E-state index in [1.165, 1.54) is 19.3 Å². The van der Waals surface area contributed by atoms with E-state index < -0.39 is 0 Å². The maximum absolute atomic E-state index is 11.6. The Labute approximate surface area is 123 Å². The molecule has 116 valence electrons. The fourth-order valence-corrected chi connectivity index (χ4v) is 3.85. The Morgan fingerprint density at radius 1 is 1.30 bits per heavy atom. The van der Waals surface area contributed by atoms with Crippen molar-refractivity contribution in [3.8, 4) is 0 Å². The van der Waals surface area contributed by atoms with E-state index in [4.69, 9.17) is 4.74 Å². The van der Waals surface area contributed by atoms with Gasteiger partial charge in [0.2, 0.25) is 0 Å². The summed E-state index contributed by atoms with van der Waals surface area (Å²) >= 11 is 0. The van der Waals surface area contributed by atoms with Gasteiger partial charge in [-0.05, 0) is 43.4 Å². The summed E-state index contributed by atoms with van der Waals surface area (Å²) in [6, 6.07) is 0.0871. The molecule has 1 aliphatic heterocycles. The second-order valence-electron chi connectivity index (χ2n) is 7.09. The highest BCUT2D eigenvalue weighted by atomic mass is 16.5. The molecule has 4 heteroatoms. The normalized spacial score (nSPS) is 34.2. The van der Waals surface area contributed by atoms with Gasteiger partial charge in [0, 0.05) is 13.7 Å². The molecule has 2 N–H and O–H groups in total. The average Bonchev–Trinajstić information content (AvgIpc) is 2.81. The van der Waals surface area contributed by atoms with Gasteiger partial charge in [-0.2, -0.15) is 0 Å². The van der Waals surface area contributed by atoms with Crippen LogP contribution in [-0.4, -0.2) is 31.3 Å². The molecule has 2 aliphatic rings. The number of carbonyl (C=O) groups excluding carboxylic acids is 1. The average molecular weight is 282 g/mol. The fourth-order valence-electron chi connectivity index (χ4n) is 3.85. The van der Waals surface area contributed by atoms with Gasteiger partial charge in [0.1, 0.15) is 0 Å². The van der Waals surface area contributed by atoms with Crippen LogP contribution >= 0.6 is 0 Å². The molecule has 1 unspecified atom stereocenters. The van der Waals surface area contributed by atoms with Crippen LogP contribution in [0.3, 0.4) is 0 Å². The predicted molar refractivity (Wildman–Crippen MR) is 80.7 cm³/mol. The lowest BCUT2D eigenvalue weighted by Crippen LogP contribution is -2.54. The first-order valence-electron chi connectivity index (χ1n) is 8.06. The molecule has 0 radical (unpaired) electrons. The van der Waals surface area contributed by atoms with Crippen molar-refractivity contribution in [2.24, 2.45) is 11.3 Å². The molecule has 20 heavy (non-hydrogen) atoms. The van der Waals surface area contributed by atoms with Gasteiger partial charge < -0.3 is 15.4 Å². The number of ether oxygens (including phenoxy) is 1. The van der Waals surface area contributed by atoms with E-state index in [0.29, 0.717) is 5.41 Å². The van der Waals surface area contributed by atoms with Gasteiger partial charge in [-0.3, -0.25) is 0 Å². The molecule has 1 heterocycles. The first-order valence-corrected chi connectivity index (χ1v) is 8.06. The Bertz CT molecular complexity index is 346. The zero-order valence-corrected chi connectivity index (χ0v) is 13.4. The number of urea groups is 1. The van der Waals surface area contributed by atoms with Crippen LogP contribution < -0.4 is 10.6 Å². The van der Waals surface area contributed by atoms with E-state index in [-0.39, 0.29) is 17.7 Å². The molecule has 0 aromatic carbocycles. The molecule has 1 atom stereocenters. The number of carbonyl (C=O) groups is 1. The van der Waals surface area contributed by atoms with Crippen LogP contribution in [0.4, 0.5) is 4.79 Å². The monoisotopic (exact) mass is 282 g/mol. The largest absolute Gasteiger partial charge is 0.373 e. The molecule has 1 spiro atoms. The number of rotatable bonds is 3. The minimum absolute atomic E-state index is 0.0871. The van der Waals surface area contributed by atoms with Crippen molar-refractivity contribution in [3.05, 3.63) is 0 Å². The summed E-state index contributed by atoms with van der Waals surface area (Å²) in [5, 5.41) is 5.73. The second-order valence-corrected chi connectivity index (χ2v) is 7.09. The lowest BCUT2D eigenvalue weighted by Gasteiger charge is -2.45. The van der Waals surface area contributed by atoms with E-state index in [2.05, 4.69) is 31.4 Å². The number of nitrogens with one attached hydrogen (secondary N) is 2. The molecule has 0 aromatic rings. The zero-order chi connectivity index (χ0) is 14.8. The third-order valence-electron chi connectivity index (χ3n) is 5.81. The maximum Gasteiger partial charge on any atom is 0.314 e. The van der Waals surface area contributed by atoms with Gasteiger partial charge in [-0.25, -0.2) is 4.79 Å². The maximum atomic E-state index is 11.6. The summed E-state index contributed by atoms with van der Waals surface area (Å²) in [6.07, 6.45) is 6.76. The summed E-state index contributed by atoms with van der Waals surface area (Å²) < 4.78 is 6.09. The Morgan fingerprint density at radius 2 is 1.95 bits per heavy atom. The van der Waals surface area contributed by atoms with Gasteiger partial charge in [0.15, 0.2) is 0 Å². The number of hydrogen-bond donors (Lipinski definition) is 2. The first-order chi connectivity index (χ1) is 9.43. The molecule has 0 aromatic heterocycles. The Balaban J connectivity index is 1.98. The van der Waals surface area contributed by atoms with Crippen molar-refractivity contribution in [3.63, 3.8) is 0 Å². The van der Waals surface area contributed by atoms with Crippen molar-refractivity contribution < 1.29 is 9.53 Å². The van der Waals surface area contributed by atoms with Crippen LogP contribution in [0.15, 0.2) is 0 Å². The van der Waals surface area contributed by atoms with Crippen molar-refractivity contribution in [2.75, 3.05) is 13.7 Å². The zero-order valence-electron chi connectivity index (χ0n) is 13.4. The molecular weight excluding hydrogens is 252 g/mol. The highest BCUT2D eigenvalue weighted by Crippen LogP contribution is 2.47. The van der Waals surface area contributed by atoms with E-state index in [9.17, 15) is 4.79 Å². The van der Waals surface area contributed by atoms with Gasteiger partial charge in [0.05, 0.1) is 11.6 Å². The van der Waals surface area contributed by atoms with E-state index in [1.54, 1.807) is 7.05 Å². The van der Waals surface area contributed by atoms with Gasteiger partial charge in [0.25, 0.3) is 0 Å². The lowest BCUT2D eigenvalue weighted by molar-refractivity contribution is -0.0593. The lowest BCUT2D eigenvalue weighted by atomic mass is 9.65. The van der Waals surface area contributed by atoms with Crippen molar-refractivity contribution in [2.45, 2.75) is 70.9 Å². The van der Waals surface area contributed by atoms with E-state index >= 15 is 0 Å². The molecule has 2 rings (SSSR count). The summed E-state index contributed by atoms with van der Waals surface area (Å²) in [5.41, 5.74) is 0.316. The fraction of sp³-hybridized carbons (Fsp3) is 0.938. The Kier molecular flexibility index (Phi) is 4.62. The predicted octanol–water partition coefficient (Wildman–Crippen LogP) is 3.07. The molecule has 1 aliphatic carbocycles. The molecule has 0 bridgehead atoms. The number of amides is 2. The second kappa shape index (κ2) is 5.92. The van der Waals surface area contributed by atoms with Gasteiger partial charge >= 0.3 is 6.03 Å². The van der Waals surface area contributed by atoms with Crippen LogP contribution in [0.5, 0.6) is 0 Å². The molecule has 1 saturated heterocycles. The molecular formula is C16H30N2O2. The molecule has 2 fully saturated rings. The summed E-state index contributed by atoms with van der Waals surface area (Å²) in [7, 11) is 1.67. The van der Waals surface area contributed by atoms with Crippen LogP contribution in [0.1, 0.15) is 59.3 Å². The Morgan fingerprint density at radius 3 is 2.50 bits per heavy atom. The van der Waals surface area contributed by atoms with Crippen molar-refractivity contribution in [1.82, 2.24) is 10.6 Å². The smallest absolute Gasteiger partial charge is 0.314 e. The van der Waals surface area contributed by atoms with Crippen molar-refractivity contribution in [1.29, 1.82) is 0 Å². The van der Waals surface area contributed by atoms with E-state index in [0.717, 1.165) is 31.8 Å². The summed E-state index contributed by atoms with van der Waals surface area (Å²) in [5.74, 6) is 0.781. The summed E-state index contributed by atoms with van der Waals surface area (Å²) in [4.78, 5) is 11.6. The molecule has 1 saturated carbocycles. The Hall–Kier alpha value is -0.770. The minimum Gasteiger partial charge on any atom is -0.373 e. The third kappa shape index (κ3) is 2.95. The quantitative estimate of drug-likeness (QED) is 0.836. The SMILES string of the molecule is CCC(C)(C)C1CCC2(CC1)OCCC2NC(=O)NC. The molecule has 2 amide bonds. The highest BCUT2D eigenvalue weighted by molar-refractivity contribution is 5.74. The van der Waals surface area contributed by atoms with Crippen molar-refractivity contribution >= 4 is 6.03 Å². The highest BCUT2D eigenvalue weighted by Gasteiger charge is 2.48. The summed E-state index contributed by atoms with van der Waals surface area (Å²) in [6.45, 7) is 7.82.